The lowest BCUT2D eigenvalue weighted by molar-refractivity contribution is -0.318. The summed E-state index contributed by atoms with van der Waals surface area (Å²) in [6, 6.07) is 5.57. The molecule has 2 aromatic carbocycles. The molecule has 51 heavy (non-hydrogen) atoms. The zero-order chi connectivity index (χ0) is 36.9. The lowest BCUT2D eigenvalue weighted by Gasteiger charge is -2.42. The van der Waals surface area contributed by atoms with Gasteiger partial charge in [-0.1, -0.05) is 12.1 Å². The Labute approximate surface area is 288 Å². The van der Waals surface area contributed by atoms with Crippen molar-refractivity contribution < 1.29 is 79.2 Å². The average molecular weight is 722 g/mol. The first-order chi connectivity index (χ1) is 24.2. The van der Waals surface area contributed by atoms with E-state index < -0.39 is 120 Å². The van der Waals surface area contributed by atoms with E-state index >= 15 is 0 Å². The van der Waals surface area contributed by atoms with Gasteiger partial charge in [-0.05, 0) is 38.4 Å². The average Bonchev–Trinajstić information content (AvgIpc) is 3.57. The molecule has 18 nitrogen and oxygen atoms in total. The number of aliphatic carboxylic acids is 1. The number of phenolic OH excluding ortho intramolecular Hbond substituents is 3. The molecule has 11 atom stereocenters. The first-order valence-corrected chi connectivity index (χ1v) is 16.2. The van der Waals surface area contributed by atoms with E-state index in [0.717, 1.165) is 6.07 Å². The van der Waals surface area contributed by atoms with Crippen LogP contribution < -0.4 is 10.2 Å². The third-order valence-electron chi connectivity index (χ3n) is 9.48. The Morgan fingerprint density at radius 1 is 0.882 bits per heavy atom. The second-order valence-electron chi connectivity index (χ2n) is 12.8. The standard InChI is InChI=1S/C33H39NO17/c1-12-21(38)24(41)26(43)32(48-12)47-11-19-22(39)25(42)27(44)33(49-19)51-30-23(40)20-18(37)9-17(36)14(10-34-8-4-6-15(34)31(45)46)28(20)50-29(30)13-5-2-3-7-16(13)35/h2-3,5,7,9,12,15,19,21-22,24-27,32-33,35-39,41-44H,4,6,8,10-11H2,1H3,(H,45,46). The number of carboxylic acids is 1. The van der Waals surface area contributed by atoms with Crippen LogP contribution in [0.5, 0.6) is 23.0 Å². The number of nitrogens with zero attached hydrogens (tertiary/aromatic N) is 1. The van der Waals surface area contributed by atoms with Crippen LogP contribution >= 0.6 is 0 Å². The quantitative estimate of drug-likeness (QED) is 0.122. The summed E-state index contributed by atoms with van der Waals surface area (Å²) >= 11 is 0. The number of carboxylic acid groups (broad SMARTS) is 1. The summed E-state index contributed by atoms with van der Waals surface area (Å²) < 4.78 is 28.5. The number of para-hydroxylation sites is 1. The fourth-order valence-corrected chi connectivity index (χ4v) is 6.58. The van der Waals surface area contributed by atoms with Crippen molar-refractivity contribution in [1.82, 2.24) is 4.90 Å². The van der Waals surface area contributed by atoms with Crippen molar-refractivity contribution in [3.05, 3.63) is 46.1 Å². The van der Waals surface area contributed by atoms with Gasteiger partial charge in [-0.15, -0.1) is 0 Å². The molecule has 3 aromatic rings. The van der Waals surface area contributed by atoms with E-state index in [4.69, 9.17) is 23.4 Å². The monoisotopic (exact) mass is 721 g/mol. The van der Waals surface area contributed by atoms with Crippen LogP contribution in [0.1, 0.15) is 25.3 Å². The van der Waals surface area contributed by atoms with Gasteiger partial charge in [-0.3, -0.25) is 14.5 Å². The van der Waals surface area contributed by atoms with Crippen LogP contribution in [0, 0.1) is 0 Å². The number of rotatable bonds is 9. The zero-order valence-electron chi connectivity index (χ0n) is 27.1. The molecule has 3 saturated heterocycles. The fraction of sp³-hybridized carbons (Fsp3) is 0.515. The largest absolute Gasteiger partial charge is 0.507 e. The van der Waals surface area contributed by atoms with Crippen molar-refractivity contribution >= 4 is 16.9 Å². The Morgan fingerprint density at radius 2 is 1.57 bits per heavy atom. The van der Waals surface area contributed by atoms with Crippen LogP contribution in [-0.2, 0) is 25.5 Å². The summed E-state index contributed by atoms with van der Waals surface area (Å²) in [7, 11) is 0. The maximum Gasteiger partial charge on any atom is 0.320 e. The van der Waals surface area contributed by atoms with Crippen LogP contribution in [0.4, 0.5) is 0 Å². The molecule has 0 aliphatic carbocycles. The summed E-state index contributed by atoms with van der Waals surface area (Å²) in [5.74, 6) is -3.93. The molecular formula is C33H39NO17. The summed E-state index contributed by atoms with van der Waals surface area (Å²) in [4.78, 5) is 27.6. The van der Waals surface area contributed by atoms with Gasteiger partial charge in [-0.25, -0.2) is 0 Å². The maximum absolute atomic E-state index is 14.2. The lowest BCUT2D eigenvalue weighted by Crippen LogP contribution is -2.61. The minimum absolute atomic E-state index is 0.0416. The van der Waals surface area contributed by atoms with Crippen molar-refractivity contribution in [2.24, 2.45) is 0 Å². The van der Waals surface area contributed by atoms with Gasteiger partial charge in [0.25, 0.3) is 0 Å². The fourth-order valence-electron chi connectivity index (χ4n) is 6.58. The van der Waals surface area contributed by atoms with Crippen LogP contribution in [0.2, 0.25) is 0 Å². The molecule has 3 aliphatic rings. The van der Waals surface area contributed by atoms with Crippen molar-refractivity contribution in [2.75, 3.05) is 13.2 Å². The normalized spacial score (nSPS) is 33.0. The van der Waals surface area contributed by atoms with Gasteiger partial charge in [0.2, 0.25) is 17.5 Å². The first kappa shape index (κ1) is 36.7. The minimum Gasteiger partial charge on any atom is -0.507 e. The molecule has 0 radical (unpaired) electrons. The number of aliphatic hydroxyl groups excluding tert-OH is 6. The third-order valence-corrected chi connectivity index (χ3v) is 9.48. The highest BCUT2D eigenvalue weighted by Crippen LogP contribution is 2.42. The number of aromatic hydroxyl groups is 3. The Morgan fingerprint density at radius 3 is 2.27 bits per heavy atom. The van der Waals surface area contributed by atoms with Crippen molar-refractivity contribution in [2.45, 2.75) is 93.8 Å². The number of phenols is 3. The highest BCUT2D eigenvalue weighted by molar-refractivity contribution is 5.91. The van der Waals surface area contributed by atoms with Crippen LogP contribution in [0.25, 0.3) is 22.3 Å². The molecule has 10 N–H and O–H groups in total. The number of benzene rings is 2. The number of hydrogen-bond donors (Lipinski definition) is 10. The minimum atomic E-state index is -2.01. The number of ether oxygens (including phenoxy) is 4. The van der Waals surface area contributed by atoms with Gasteiger partial charge >= 0.3 is 5.97 Å². The molecule has 0 bridgehead atoms. The number of hydrogen-bond acceptors (Lipinski definition) is 17. The third kappa shape index (κ3) is 6.83. The predicted molar refractivity (Wildman–Crippen MR) is 170 cm³/mol. The molecule has 1 aromatic heterocycles. The second-order valence-corrected chi connectivity index (χ2v) is 12.8. The van der Waals surface area contributed by atoms with E-state index in [9.17, 15) is 60.7 Å². The van der Waals surface area contributed by atoms with Gasteiger partial charge in [0.05, 0.1) is 23.8 Å². The number of likely N-dealkylation sites (tertiary alicyclic amines) is 1. The Bertz CT molecular complexity index is 1820. The Hall–Kier alpha value is -4.08. The lowest BCUT2D eigenvalue weighted by atomic mass is 9.98. The molecule has 11 unspecified atom stereocenters. The predicted octanol–water partition coefficient (Wildman–Crippen LogP) is -1.34. The van der Waals surface area contributed by atoms with E-state index in [-0.39, 0.29) is 23.3 Å². The smallest absolute Gasteiger partial charge is 0.320 e. The SMILES string of the molecule is CC1OC(OCC2OC(Oc3c(-c4ccccc4O)oc4c(CN5CCCC5C(=O)O)c(O)cc(O)c4c3=O)C(O)C(O)C2O)C(O)C(O)C1O. The topological polar surface area (TPSA) is 290 Å². The number of carbonyl (C=O) groups is 1. The zero-order valence-corrected chi connectivity index (χ0v) is 27.1. The molecular weight excluding hydrogens is 682 g/mol. The number of aliphatic hydroxyl groups is 6. The van der Waals surface area contributed by atoms with E-state index in [1.54, 1.807) is 4.90 Å². The Balaban J connectivity index is 1.38. The Kier molecular flexibility index (Phi) is 10.4. The second kappa shape index (κ2) is 14.5. The molecule has 6 rings (SSSR count). The maximum atomic E-state index is 14.2. The highest BCUT2D eigenvalue weighted by atomic mass is 16.7. The molecule has 0 spiro atoms. The van der Waals surface area contributed by atoms with Crippen LogP contribution in [0.15, 0.2) is 39.5 Å². The van der Waals surface area contributed by atoms with E-state index in [0.29, 0.717) is 19.4 Å². The van der Waals surface area contributed by atoms with E-state index in [1.807, 2.05) is 0 Å². The summed E-state index contributed by atoms with van der Waals surface area (Å²) in [5, 5.41) is 104. The summed E-state index contributed by atoms with van der Waals surface area (Å²) in [6.07, 6.45) is -15.6. The van der Waals surface area contributed by atoms with Gasteiger partial charge < -0.3 is 74.4 Å². The van der Waals surface area contributed by atoms with Crippen LogP contribution in [-0.4, -0.2) is 143 Å². The molecule has 3 fully saturated rings. The van der Waals surface area contributed by atoms with Crippen molar-refractivity contribution in [3.63, 3.8) is 0 Å². The van der Waals surface area contributed by atoms with Gasteiger partial charge in [-0.2, -0.15) is 0 Å². The highest BCUT2D eigenvalue weighted by Gasteiger charge is 2.48. The number of fused-ring (bicyclic) bond motifs is 1. The van der Waals surface area contributed by atoms with Crippen molar-refractivity contribution in [1.29, 1.82) is 0 Å². The first-order valence-electron chi connectivity index (χ1n) is 16.2. The molecule has 0 amide bonds. The van der Waals surface area contributed by atoms with Gasteiger partial charge in [0.1, 0.15) is 71.4 Å². The van der Waals surface area contributed by atoms with E-state index in [2.05, 4.69) is 0 Å². The molecule has 3 aliphatic heterocycles. The molecule has 4 heterocycles. The van der Waals surface area contributed by atoms with Crippen LogP contribution in [0.3, 0.4) is 0 Å². The van der Waals surface area contributed by atoms with Gasteiger partial charge in [0.15, 0.2) is 17.6 Å². The van der Waals surface area contributed by atoms with E-state index in [1.165, 1.54) is 31.2 Å². The van der Waals surface area contributed by atoms with Gasteiger partial charge in [0, 0.05) is 12.6 Å². The molecule has 0 saturated carbocycles. The molecule has 18 heteroatoms. The summed E-state index contributed by atoms with van der Waals surface area (Å²) in [6.45, 7) is 0.940. The van der Waals surface area contributed by atoms with Crippen molar-refractivity contribution in [3.8, 4) is 34.3 Å². The molecule has 278 valence electrons. The summed E-state index contributed by atoms with van der Waals surface area (Å²) in [5.41, 5.74) is -1.58.